The lowest BCUT2D eigenvalue weighted by Gasteiger charge is -2.36. The van der Waals surface area contributed by atoms with Crippen molar-refractivity contribution >= 4 is 17.9 Å². The van der Waals surface area contributed by atoms with Crippen LogP contribution in [0.15, 0.2) is 24.3 Å². The number of carbonyl (C=O) groups excluding carboxylic acids is 2. The van der Waals surface area contributed by atoms with Gasteiger partial charge in [-0.15, -0.1) is 0 Å². The third-order valence-corrected chi connectivity index (χ3v) is 4.41. The molecule has 1 fully saturated rings. The molecule has 0 aliphatic carbocycles. The molecule has 6 nitrogen and oxygen atoms in total. The third kappa shape index (κ3) is 4.07. The molecule has 1 saturated heterocycles. The average molecular weight is 332 g/mol. The number of piperidine rings is 1. The van der Waals surface area contributed by atoms with Crippen molar-refractivity contribution in [1.29, 1.82) is 0 Å². The molecule has 2 rings (SSSR count). The predicted octanol–water partition coefficient (Wildman–Crippen LogP) is 1.83. The molecule has 1 aliphatic heterocycles. The van der Waals surface area contributed by atoms with Crippen molar-refractivity contribution in [3.63, 3.8) is 0 Å². The molecule has 1 heterocycles. The van der Waals surface area contributed by atoms with Gasteiger partial charge in [0.1, 0.15) is 11.5 Å². The summed E-state index contributed by atoms with van der Waals surface area (Å²) in [6.45, 7) is 2.36. The number of rotatable bonds is 5. The number of hydrogen-bond donors (Lipinski definition) is 1. The van der Waals surface area contributed by atoms with E-state index in [-0.39, 0.29) is 23.8 Å². The van der Waals surface area contributed by atoms with Gasteiger partial charge in [-0.2, -0.15) is 0 Å². The first-order valence-electron chi connectivity index (χ1n) is 7.96. The zero-order valence-electron chi connectivity index (χ0n) is 14.3. The van der Waals surface area contributed by atoms with Gasteiger partial charge < -0.3 is 20.1 Å². The largest absolute Gasteiger partial charge is 0.497 e. The van der Waals surface area contributed by atoms with Crippen molar-refractivity contribution in [1.82, 2.24) is 4.90 Å². The topological polar surface area (TPSA) is 81.9 Å². The first-order chi connectivity index (χ1) is 11.5. The van der Waals surface area contributed by atoms with Crippen molar-refractivity contribution in [3.8, 4) is 11.5 Å². The second-order valence-corrected chi connectivity index (χ2v) is 5.96. The first-order valence-corrected chi connectivity index (χ1v) is 7.96. The smallest absolute Gasteiger partial charge is 0.246 e. The van der Waals surface area contributed by atoms with E-state index in [2.05, 4.69) is 0 Å². The fraction of sp³-hybridized carbons (Fsp3) is 0.444. The molecule has 0 spiro atoms. The van der Waals surface area contributed by atoms with Gasteiger partial charge in [-0.1, -0.05) is 0 Å². The molecule has 2 N–H and O–H groups in total. The minimum Gasteiger partial charge on any atom is -0.497 e. The SMILES string of the molecule is COc1ccc(C=CC(=O)N2CC(C(N)=O)CCC2C)c(OC)c1. The lowest BCUT2D eigenvalue weighted by atomic mass is 9.93. The summed E-state index contributed by atoms with van der Waals surface area (Å²) in [5, 5.41) is 0. The molecule has 6 heteroatoms. The van der Waals surface area contributed by atoms with Crippen LogP contribution in [0, 0.1) is 5.92 Å². The third-order valence-electron chi connectivity index (χ3n) is 4.41. The number of nitrogens with zero attached hydrogens (tertiary/aromatic N) is 1. The van der Waals surface area contributed by atoms with Crippen LogP contribution in [0.3, 0.4) is 0 Å². The van der Waals surface area contributed by atoms with E-state index in [4.69, 9.17) is 15.2 Å². The Morgan fingerprint density at radius 1 is 1.25 bits per heavy atom. The van der Waals surface area contributed by atoms with Crippen LogP contribution in [0.2, 0.25) is 0 Å². The van der Waals surface area contributed by atoms with E-state index >= 15 is 0 Å². The molecule has 0 radical (unpaired) electrons. The molecular formula is C18H24N2O4. The van der Waals surface area contributed by atoms with Crippen molar-refractivity contribution in [2.24, 2.45) is 11.7 Å². The minimum atomic E-state index is -0.347. The zero-order valence-corrected chi connectivity index (χ0v) is 14.3. The molecule has 0 aromatic heterocycles. The lowest BCUT2D eigenvalue weighted by molar-refractivity contribution is -0.133. The van der Waals surface area contributed by atoms with Crippen LogP contribution >= 0.6 is 0 Å². The van der Waals surface area contributed by atoms with Gasteiger partial charge in [0, 0.05) is 30.3 Å². The van der Waals surface area contributed by atoms with Gasteiger partial charge in [0.2, 0.25) is 11.8 Å². The Kier molecular flexibility index (Phi) is 5.84. The summed E-state index contributed by atoms with van der Waals surface area (Å²) in [7, 11) is 3.15. The Hall–Kier alpha value is -2.50. The molecule has 1 aliphatic rings. The Morgan fingerprint density at radius 3 is 2.62 bits per heavy atom. The van der Waals surface area contributed by atoms with E-state index in [1.54, 1.807) is 37.3 Å². The van der Waals surface area contributed by atoms with E-state index in [9.17, 15) is 9.59 Å². The average Bonchev–Trinajstić information content (AvgIpc) is 2.59. The summed E-state index contributed by atoms with van der Waals surface area (Å²) in [6, 6.07) is 5.49. The van der Waals surface area contributed by atoms with Crippen LogP contribution in [-0.4, -0.2) is 43.5 Å². The Bertz CT molecular complexity index is 642. The van der Waals surface area contributed by atoms with Crippen LogP contribution in [0.4, 0.5) is 0 Å². The van der Waals surface area contributed by atoms with Crippen LogP contribution < -0.4 is 15.2 Å². The van der Waals surface area contributed by atoms with Crippen LogP contribution in [0.25, 0.3) is 6.08 Å². The molecule has 0 saturated carbocycles. The molecule has 24 heavy (non-hydrogen) atoms. The summed E-state index contributed by atoms with van der Waals surface area (Å²) in [5.74, 6) is 0.560. The number of carbonyl (C=O) groups is 2. The maximum Gasteiger partial charge on any atom is 0.246 e. The summed E-state index contributed by atoms with van der Waals surface area (Å²) in [6.07, 6.45) is 4.72. The van der Waals surface area contributed by atoms with Gasteiger partial charge in [-0.05, 0) is 38.0 Å². The number of primary amides is 1. The van der Waals surface area contributed by atoms with E-state index in [0.29, 0.717) is 18.0 Å². The highest BCUT2D eigenvalue weighted by atomic mass is 16.5. The van der Waals surface area contributed by atoms with Gasteiger partial charge in [0.25, 0.3) is 0 Å². The molecule has 1 aromatic carbocycles. The summed E-state index contributed by atoms with van der Waals surface area (Å²) < 4.78 is 10.5. The number of nitrogens with two attached hydrogens (primary N) is 1. The fourth-order valence-corrected chi connectivity index (χ4v) is 2.86. The number of hydrogen-bond acceptors (Lipinski definition) is 4. The van der Waals surface area contributed by atoms with Crippen molar-refractivity contribution < 1.29 is 19.1 Å². The minimum absolute atomic E-state index is 0.0931. The monoisotopic (exact) mass is 332 g/mol. The highest BCUT2D eigenvalue weighted by Crippen LogP contribution is 2.26. The highest BCUT2D eigenvalue weighted by molar-refractivity contribution is 5.93. The molecule has 2 unspecified atom stereocenters. The normalized spacial score (nSPS) is 20.9. The standard InChI is InChI=1S/C18H24N2O4/c1-12-4-5-14(18(19)22)11-20(12)17(21)9-7-13-6-8-15(23-2)10-16(13)24-3/h6-10,12,14H,4-5,11H2,1-3H3,(H2,19,22). The van der Waals surface area contributed by atoms with E-state index in [1.165, 1.54) is 6.08 Å². The van der Waals surface area contributed by atoms with Gasteiger partial charge in [-0.3, -0.25) is 9.59 Å². The van der Waals surface area contributed by atoms with Crippen LogP contribution in [0.5, 0.6) is 11.5 Å². The Morgan fingerprint density at radius 2 is 2.00 bits per heavy atom. The summed E-state index contributed by atoms with van der Waals surface area (Å²) in [5.41, 5.74) is 6.16. The van der Waals surface area contributed by atoms with Gasteiger partial charge in [0.15, 0.2) is 0 Å². The van der Waals surface area contributed by atoms with Crippen molar-refractivity contribution in [2.75, 3.05) is 20.8 Å². The highest BCUT2D eigenvalue weighted by Gasteiger charge is 2.30. The molecule has 1 aromatic rings. The van der Waals surface area contributed by atoms with Gasteiger partial charge in [0.05, 0.1) is 20.1 Å². The summed E-state index contributed by atoms with van der Waals surface area (Å²) in [4.78, 5) is 25.6. The van der Waals surface area contributed by atoms with E-state index in [0.717, 1.165) is 18.4 Å². The fourth-order valence-electron chi connectivity index (χ4n) is 2.86. The summed E-state index contributed by atoms with van der Waals surface area (Å²) >= 11 is 0. The second kappa shape index (κ2) is 7.86. The van der Waals surface area contributed by atoms with Crippen molar-refractivity contribution in [2.45, 2.75) is 25.8 Å². The number of methoxy groups -OCH3 is 2. The van der Waals surface area contributed by atoms with E-state index in [1.807, 2.05) is 13.0 Å². The maximum absolute atomic E-state index is 12.5. The van der Waals surface area contributed by atoms with Gasteiger partial charge in [-0.25, -0.2) is 0 Å². The molecule has 2 amide bonds. The molecule has 130 valence electrons. The number of likely N-dealkylation sites (tertiary alicyclic amines) is 1. The molecule has 0 bridgehead atoms. The van der Waals surface area contributed by atoms with Crippen LogP contribution in [-0.2, 0) is 9.59 Å². The maximum atomic E-state index is 12.5. The van der Waals surface area contributed by atoms with Gasteiger partial charge >= 0.3 is 0 Å². The predicted molar refractivity (Wildman–Crippen MR) is 91.7 cm³/mol. The number of ether oxygens (including phenoxy) is 2. The number of amides is 2. The lowest BCUT2D eigenvalue weighted by Crippen LogP contribution is -2.48. The Balaban J connectivity index is 2.13. The second-order valence-electron chi connectivity index (χ2n) is 5.96. The van der Waals surface area contributed by atoms with E-state index < -0.39 is 0 Å². The Labute approximate surface area is 142 Å². The molecular weight excluding hydrogens is 308 g/mol. The zero-order chi connectivity index (χ0) is 17.7. The molecule has 2 atom stereocenters. The van der Waals surface area contributed by atoms with Crippen LogP contribution in [0.1, 0.15) is 25.3 Å². The number of benzene rings is 1. The van der Waals surface area contributed by atoms with Crippen molar-refractivity contribution in [3.05, 3.63) is 29.8 Å². The first kappa shape index (κ1) is 17.8. The quantitative estimate of drug-likeness (QED) is 0.834.